The van der Waals surface area contributed by atoms with E-state index in [-0.39, 0.29) is 0 Å². The van der Waals surface area contributed by atoms with Crippen LogP contribution in [0.5, 0.6) is 0 Å². The summed E-state index contributed by atoms with van der Waals surface area (Å²) in [5.41, 5.74) is 3.48. The van der Waals surface area contributed by atoms with E-state index in [0.29, 0.717) is 0 Å². The average molecular weight is 174 g/mol. The Balaban J connectivity index is 2.87. The Labute approximate surface area is 77.7 Å². The largest absolute Gasteiger partial charge is 0.416 e. The van der Waals surface area contributed by atoms with E-state index in [2.05, 4.69) is 19.2 Å². The first-order valence-corrected chi connectivity index (χ1v) is 4.28. The molecule has 1 heterocycles. The van der Waals surface area contributed by atoms with E-state index in [1.807, 2.05) is 19.1 Å². The van der Waals surface area contributed by atoms with Crippen molar-refractivity contribution >= 4 is 10.9 Å². The van der Waals surface area contributed by atoms with Crippen molar-refractivity contribution in [3.05, 3.63) is 35.5 Å². The van der Waals surface area contributed by atoms with Gasteiger partial charge in [-0.15, -0.1) is 0 Å². The third-order valence-electron chi connectivity index (χ3n) is 2.30. The first-order valence-electron chi connectivity index (χ1n) is 4.28. The van der Waals surface area contributed by atoms with Crippen LogP contribution in [0.3, 0.4) is 0 Å². The van der Waals surface area contributed by atoms with Gasteiger partial charge < -0.3 is 4.84 Å². The molecule has 0 saturated heterocycles. The molecule has 0 aliphatic heterocycles. The molecular weight excluding hydrogens is 162 g/mol. The molecular formula is C11H12NO. The molecule has 0 atom stereocenters. The molecule has 0 aliphatic carbocycles. The molecule has 0 N–H and O–H groups in total. The molecule has 0 spiro atoms. The fourth-order valence-electron chi connectivity index (χ4n) is 1.72. The number of rotatable bonds is 1. The number of aromatic nitrogens is 1. The molecule has 0 aliphatic rings. The van der Waals surface area contributed by atoms with Crippen LogP contribution < -0.4 is 4.84 Å². The SMILES string of the molecule is COn1[c]c(C)c2c(C)cccc21. The lowest BCUT2D eigenvalue weighted by atomic mass is 10.1. The van der Waals surface area contributed by atoms with E-state index in [4.69, 9.17) is 4.84 Å². The van der Waals surface area contributed by atoms with Gasteiger partial charge in [-0.05, 0) is 31.0 Å². The van der Waals surface area contributed by atoms with Crippen molar-refractivity contribution in [2.45, 2.75) is 13.8 Å². The number of fused-ring (bicyclic) bond motifs is 1. The van der Waals surface area contributed by atoms with Crippen LogP contribution >= 0.6 is 0 Å². The predicted molar refractivity (Wildman–Crippen MR) is 52.8 cm³/mol. The fourth-order valence-corrected chi connectivity index (χ4v) is 1.72. The van der Waals surface area contributed by atoms with E-state index in [1.54, 1.807) is 11.8 Å². The van der Waals surface area contributed by atoms with Crippen LogP contribution in [0.1, 0.15) is 11.1 Å². The van der Waals surface area contributed by atoms with Gasteiger partial charge in [0.25, 0.3) is 0 Å². The summed E-state index contributed by atoms with van der Waals surface area (Å²) in [6.45, 7) is 4.15. The Bertz CT molecular complexity index is 443. The van der Waals surface area contributed by atoms with E-state index in [9.17, 15) is 0 Å². The van der Waals surface area contributed by atoms with E-state index in [1.165, 1.54) is 10.9 Å². The third-order valence-corrected chi connectivity index (χ3v) is 2.30. The van der Waals surface area contributed by atoms with Gasteiger partial charge in [0.15, 0.2) is 0 Å². The Morgan fingerprint density at radius 1 is 1.31 bits per heavy atom. The zero-order valence-corrected chi connectivity index (χ0v) is 8.09. The lowest BCUT2D eigenvalue weighted by Gasteiger charge is -2.01. The first-order chi connectivity index (χ1) is 6.24. The maximum atomic E-state index is 5.16. The molecule has 2 aromatic rings. The number of nitrogens with zero attached hydrogens (tertiary/aromatic N) is 1. The number of hydrogen-bond donors (Lipinski definition) is 0. The molecule has 1 radical (unpaired) electrons. The molecule has 0 bridgehead atoms. The van der Waals surface area contributed by atoms with Crippen molar-refractivity contribution in [3.8, 4) is 0 Å². The van der Waals surface area contributed by atoms with E-state index >= 15 is 0 Å². The van der Waals surface area contributed by atoms with Crippen LogP contribution in [0, 0.1) is 20.0 Å². The summed E-state index contributed by atoms with van der Waals surface area (Å²) < 4.78 is 1.68. The highest BCUT2D eigenvalue weighted by Crippen LogP contribution is 2.22. The Morgan fingerprint density at radius 2 is 2.08 bits per heavy atom. The zero-order valence-electron chi connectivity index (χ0n) is 8.09. The first kappa shape index (κ1) is 8.17. The highest BCUT2D eigenvalue weighted by Gasteiger charge is 2.07. The molecule has 0 unspecified atom stereocenters. The summed E-state index contributed by atoms with van der Waals surface area (Å²) in [4.78, 5) is 5.16. The highest BCUT2D eigenvalue weighted by atomic mass is 16.6. The van der Waals surface area contributed by atoms with E-state index < -0.39 is 0 Å². The molecule has 0 fully saturated rings. The van der Waals surface area contributed by atoms with Crippen molar-refractivity contribution < 1.29 is 4.84 Å². The molecule has 2 heteroatoms. The van der Waals surface area contributed by atoms with Crippen molar-refractivity contribution in [1.29, 1.82) is 0 Å². The summed E-state index contributed by atoms with van der Waals surface area (Å²) in [5.74, 6) is 0. The van der Waals surface area contributed by atoms with Crippen molar-refractivity contribution in [3.63, 3.8) is 0 Å². The summed E-state index contributed by atoms with van der Waals surface area (Å²) >= 11 is 0. The summed E-state index contributed by atoms with van der Waals surface area (Å²) in [7, 11) is 1.65. The van der Waals surface area contributed by atoms with Crippen LogP contribution in [0.4, 0.5) is 0 Å². The maximum absolute atomic E-state index is 5.16. The molecule has 1 aromatic heterocycles. The second-order valence-corrected chi connectivity index (χ2v) is 3.18. The molecule has 1 aromatic carbocycles. The van der Waals surface area contributed by atoms with Gasteiger partial charge in [0, 0.05) is 5.39 Å². The summed E-state index contributed by atoms with van der Waals surface area (Å²) in [5, 5.41) is 1.24. The monoisotopic (exact) mass is 174 g/mol. The van der Waals surface area contributed by atoms with Crippen molar-refractivity contribution in [1.82, 2.24) is 4.73 Å². The normalized spacial score (nSPS) is 10.7. The Hall–Kier alpha value is -1.44. The Kier molecular flexibility index (Phi) is 1.76. The molecule has 0 saturated carbocycles. The van der Waals surface area contributed by atoms with Crippen LogP contribution in [0.25, 0.3) is 10.9 Å². The number of hydrogen-bond acceptors (Lipinski definition) is 1. The van der Waals surface area contributed by atoms with Gasteiger partial charge in [-0.2, -0.15) is 4.73 Å². The van der Waals surface area contributed by atoms with Crippen molar-refractivity contribution in [2.24, 2.45) is 0 Å². The van der Waals surface area contributed by atoms with Gasteiger partial charge >= 0.3 is 0 Å². The van der Waals surface area contributed by atoms with Crippen LogP contribution in [0.15, 0.2) is 18.2 Å². The molecule has 13 heavy (non-hydrogen) atoms. The van der Waals surface area contributed by atoms with Gasteiger partial charge in [-0.1, -0.05) is 12.1 Å². The second-order valence-electron chi connectivity index (χ2n) is 3.18. The van der Waals surface area contributed by atoms with Gasteiger partial charge in [-0.25, -0.2) is 0 Å². The van der Waals surface area contributed by atoms with Crippen LogP contribution in [-0.4, -0.2) is 11.8 Å². The highest BCUT2D eigenvalue weighted by molar-refractivity contribution is 5.86. The fraction of sp³-hybridized carbons (Fsp3) is 0.273. The second kappa shape index (κ2) is 2.80. The summed E-state index contributed by atoms with van der Waals surface area (Å²) in [6.07, 6.45) is 3.14. The lowest BCUT2D eigenvalue weighted by Crippen LogP contribution is -2.03. The minimum atomic E-state index is 1.08. The minimum Gasteiger partial charge on any atom is -0.416 e. The number of benzene rings is 1. The third kappa shape index (κ3) is 1.10. The van der Waals surface area contributed by atoms with Crippen LogP contribution in [0.2, 0.25) is 0 Å². The predicted octanol–water partition coefficient (Wildman–Crippen LogP) is 2.12. The minimum absolute atomic E-state index is 1.08. The average Bonchev–Trinajstić information content (AvgIpc) is 2.44. The van der Waals surface area contributed by atoms with E-state index in [0.717, 1.165) is 11.1 Å². The van der Waals surface area contributed by atoms with Gasteiger partial charge in [0.2, 0.25) is 0 Å². The van der Waals surface area contributed by atoms with Crippen molar-refractivity contribution in [2.75, 3.05) is 7.11 Å². The maximum Gasteiger partial charge on any atom is 0.111 e. The zero-order chi connectivity index (χ0) is 9.42. The Morgan fingerprint density at radius 3 is 2.77 bits per heavy atom. The molecule has 67 valence electrons. The van der Waals surface area contributed by atoms with Crippen LogP contribution in [-0.2, 0) is 0 Å². The topological polar surface area (TPSA) is 14.2 Å². The van der Waals surface area contributed by atoms with Gasteiger partial charge in [0.1, 0.15) is 13.3 Å². The lowest BCUT2D eigenvalue weighted by molar-refractivity contribution is 0.177. The standard InChI is InChI=1S/C11H12NO/c1-8-5-4-6-10-11(8)9(2)7-12(10)13-3/h4-6H,1-3H3. The number of aryl methyl sites for hydroxylation is 2. The van der Waals surface area contributed by atoms with Gasteiger partial charge in [0.05, 0.1) is 5.52 Å². The smallest absolute Gasteiger partial charge is 0.111 e. The quantitative estimate of drug-likeness (QED) is 0.646. The molecule has 2 nitrogen and oxygen atoms in total. The molecule has 2 rings (SSSR count). The summed E-state index contributed by atoms with van der Waals surface area (Å²) in [6, 6.07) is 6.17. The van der Waals surface area contributed by atoms with Gasteiger partial charge in [-0.3, -0.25) is 0 Å². The molecule has 0 amide bonds.